The molecular weight excluding hydrogens is 284 g/mol. The number of ether oxygens (including phenoxy) is 1. The van der Waals surface area contributed by atoms with Crippen LogP contribution < -0.4 is 0 Å². The smallest absolute Gasteiger partial charge is 0.0825 e. The largest absolute Gasteiger partial charge is 0.392 e. The molecule has 23 heavy (non-hydrogen) atoms. The van der Waals surface area contributed by atoms with Gasteiger partial charge in [-0.05, 0) is 54.6 Å². The van der Waals surface area contributed by atoms with Gasteiger partial charge in [-0.15, -0.1) is 0 Å². The molecule has 2 atom stereocenters. The molecule has 2 heteroatoms. The second-order valence-corrected chi connectivity index (χ2v) is 7.63. The Hall–Kier alpha value is -0.860. The average Bonchev–Trinajstić information content (AvgIpc) is 2.63. The van der Waals surface area contributed by atoms with Gasteiger partial charge in [-0.1, -0.05) is 56.9 Å². The third kappa shape index (κ3) is 4.36. The van der Waals surface area contributed by atoms with Crippen molar-refractivity contribution in [1.82, 2.24) is 0 Å². The van der Waals surface area contributed by atoms with Gasteiger partial charge in [0.15, 0.2) is 0 Å². The van der Waals surface area contributed by atoms with Crippen LogP contribution in [0.25, 0.3) is 0 Å². The maximum atomic E-state index is 9.14. The molecule has 1 aliphatic carbocycles. The highest BCUT2D eigenvalue weighted by molar-refractivity contribution is 5.24. The number of aliphatic hydroxyl groups is 1. The first kappa shape index (κ1) is 17.0. The van der Waals surface area contributed by atoms with Gasteiger partial charge in [0.05, 0.1) is 19.3 Å². The van der Waals surface area contributed by atoms with Gasteiger partial charge in [0.2, 0.25) is 0 Å². The van der Waals surface area contributed by atoms with E-state index in [0.717, 1.165) is 36.3 Å². The van der Waals surface area contributed by atoms with Crippen LogP contribution in [0.3, 0.4) is 0 Å². The third-order valence-electron chi connectivity index (χ3n) is 6.10. The van der Waals surface area contributed by atoms with E-state index in [4.69, 9.17) is 9.84 Å². The normalized spacial score (nSPS) is 31.9. The molecule has 2 fully saturated rings. The number of rotatable bonds is 5. The summed E-state index contributed by atoms with van der Waals surface area (Å²) in [4.78, 5) is 0. The van der Waals surface area contributed by atoms with E-state index in [1.54, 1.807) is 0 Å². The van der Waals surface area contributed by atoms with Gasteiger partial charge in [0.1, 0.15) is 0 Å². The molecule has 1 N–H and O–H groups in total. The fourth-order valence-corrected chi connectivity index (χ4v) is 4.60. The molecule has 0 radical (unpaired) electrons. The summed E-state index contributed by atoms with van der Waals surface area (Å²) < 4.78 is 6.22. The average molecular weight is 316 g/mol. The Labute approximate surface area is 141 Å². The minimum absolute atomic E-state index is 0.120. The van der Waals surface area contributed by atoms with Gasteiger partial charge in [-0.2, -0.15) is 0 Å². The van der Waals surface area contributed by atoms with Crippen molar-refractivity contribution >= 4 is 0 Å². The highest BCUT2D eigenvalue weighted by atomic mass is 16.5. The van der Waals surface area contributed by atoms with E-state index in [2.05, 4.69) is 19.1 Å². The van der Waals surface area contributed by atoms with E-state index in [0.29, 0.717) is 0 Å². The molecule has 0 bridgehead atoms. The van der Waals surface area contributed by atoms with Gasteiger partial charge in [0.25, 0.3) is 0 Å². The van der Waals surface area contributed by atoms with Gasteiger partial charge in [-0.3, -0.25) is 0 Å². The van der Waals surface area contributed by atoms with Crippen LogP contribution in [0.15, 0.2) is 24.3 Å². The molecule has 128 valence electrons. The summed E-state index contributed by atoms with van der Waals surface area (Å²) in [7, 11) is 0. The number of hydrogen-bond acceptors (Lipinski definition) is 2. The van der Waals surface area contributed by atoms with E-state index in [-0.39, 0.29) is 12.7 Å². The lowest BCUT2D eigenvalue weighted by molar-refractivity contribution is -0.0404. The first-order chi connectivity index (χ1) is 11.3. The molecule has 1 aromatic carbocycles. The molecule has 2 nitrogen and oxygen atoms in total. The Morgan fingerprint density at radius 3 is 2.22 bits per heavy atom. The van der Waals surface area contributed by atoms with E-state index < -0.39 is 0 Å². The molecule has 1 aromatic rings. The first-order valence-electron chi connectivity index (χ1n) is 9.61. The van der Waals surface area contributed by atoms with Crippen LogP contribution in [0.2, 0.25) is 0 Å². The number of aliphatic hydroxyl groups excluding tert-OH is 1. The van der Waals surface area contributed by atoms with Crippen LogP contribution in [-0.2, 0) is 11.3 Å². The summed E-state index contributed by atoms with van der Waals surface area (Å²) >= 11 is 0. The summed E-state index contributed by atoms with van der Waals surface area (Å²) in [6.45, 7) is 3.37. The summed E-state index contributed by atoms with van der Waals surface area (Å²) in [5, 5.41) is 9.14. The second kappa shape index (κ2) is 8.30. The van der Waals surface area contributed by atoms with E-state index in [9.17, 15) is 0 Å². The van der Waals surface area contributed by atoms with Crippen LogP contribution in [0.4, 0.5) is 0 Å². The Morgan fingerprint density at radius 2 is 1.65 bits per heavy atom. The molecule has 1 aliphatic heterocycles. The molecule has 0 amide bonds. The third-order valence-corrected chi connectivity index (χ3v) is 6.10. The minimum Gasteiger partial charge on any atom is -0.392 e. The van der Waals surface area contributed by atoms with E-state index >= 15 is 0 Å². The maximum absolute atomic E-state index is 9.14. The lowest BCUT2D eigenvalue weighted by Gasteiger charge is -2.38. The van der Waals surface area contributed by atoms with E-state index in [1.165, 1.54) is 50.5 Å². The zero-order valence-corrected chi connectivity index (χ0v) is 14.5. The number of hydrogen-bond donors (Lipinski definition) is 1. The molecule has 1 heterocycles. The van der Waals surface area contributed by atoms with Crippen LogP contribution in [0.5, 0.6) is 0 Å². The molecule has 0 aromatic heterocycles. The molecule has 1 saturated heterocycles. The summed E-state index contributed by atoms with van der Waals surface area (Å²) in [6, 6.07) is 8.26. The summed E-state index contributed by atoms with van der Waals surface area (Å²) in [6.07, 6.45) is 11.2. The quantitative estimate of drug-likeness (QED) is 0.803. The van der Waals surface area contributed by atoms with Gasteiger partial charge < -0.3 is 9.84 Å². The minimum atomic E-state index is 0.120. The van der Waals surface area contributed by atoms with E-state index in [1.807, 2.05) is 12.1 Å². The van der Waals surface area contributed by atoms with Gasteiger partial charge >= 0.3 is 0 Å². The lowest BCUT2D eigenvalue weighted by atomic mass is 9.73. The first-order valence-corrected chi connectivity index (χ1v) is 9.61. The fourth-order valence-electron chi connectivity index (χ4n) is 4.60. The standard InChI is InChI=1S/C21H32O2/c1-2-3-16-4-8-18(9-5-16)20-12-13-21(23-15-20)19-10-6-17(14-22)7-11-19/h6-7,10-11,16,18,20-22H,2-5,8-9,12-15H2,1H3. The van der Waals surface area contributed by atoms with Crippen molar-refractivity contribution in [3.05, 3.63) is 35.4 Å². The Kier molecular flexibility index (Phi) is 6.13. The SMILES string of the molecule is CCCC1CCC(C2CCC(c3ccc(CO)cc3)OC2)CC1. The molecule has 2 unspecified atom stereocenters. The molecule has 2 aliphatic rings. The zero-order chi connectivity index (χ0) is 16.1. The predicted octanol–water partition coefficient (Wildman–Crippen LogP) is 5.25. The summed E-state index contributed by atoms with van der Waals surface area (Å²) in [5.41, 5.74) is 2.25. The Balaban J connectivity index is 1.46. The Morgan fingerprint density at radius 1 is 0.957 bits per heavy atom. The fraction of sp³-hybridized carbons (Fsp3) is 0.714. The second-order valence-electron chi connectivity index (χ2n) is 7.63. The molecular formula is C21H32O2. The predicted molar refractivity (Wildman–Crippen MR) is 94.1 cm³/mol. The van der Waals surface area contributed by atoms with Crippen molar-refractivity contribution in [3.63, 3.8) is 0 Å². The highest BCUT2D eigenvalue weighted by Gasteiger charge is 2.31. The topological polar surface area (TPSA) is 29.5 Å². The molecule has 3 rings (SSSR count). The van der Waals surface area contributed by atoms with Crippen molar-refractivity contribution in [2.75, 3.05) is 6.61 Å². The Bertz CT molecular complexity index is 451. The molecule has 0 spiro atoms. The van der Waals surface area contributed by atoms with Gasteiger partial charge in [-0.25, -0.2) is 0 Å². The van der Waals surface area contributed by atoms with Crippen molar-refractivity contribution in [1.29, 1.82) is 0 Å². The monoisotopic (exact) mass is 316 g/mol. The summed E-state index contributed by atoms with van der Waals surface area (Å²) in [5.74, 6) is 2.69. The van der Waals surface area contributed by atoms with Crippen LogP contribution in [0.1, 0.15) is 75.5 Å². The number of benzene rings is 1. The van der Waals surface area contributed by atoms with Crippen LogP contribution in [-0.4, -0.2) is 11.7 Å². The lowest BCUT2D eigenvalue weighted by Crippen LogP contribution is -2.29. The molecule has 1 saturated carbocycles. The van der Waals surface area contributed by atoms with Crippen molar-refractivity contribution in [2.45, 2.75) is 71.0 Å². The van der Waals surface area contributed by atoms with Crippen molar-refractivity contribution in [3.8, 4) is 0 Å². The highest BCUT2D eigenvalue weighted by Crippen LogP contribution is 2.41. The maximum Gasteiger partial charge on any atom is 0.0825 e. The van der Waals surface area contributed by atoms with Crippen molar-refractivity contribution < 1.29 is 9.84 Å². The van der Waals surface area contributed by atoms with Gasteiger partial charge in [0, 0.05) is 0 Å². The van der Waals surface area contributed by atoms with Crippen LogP contribution >= 0.6 is 0 Å². The van der Waals surface area contributed by atoms with Crippen LogP contribution in [0, 0.1) is 17.8 Å². The van der Waals surface area contributed by atoms with Crippen molar-refractivity contribution in [2.24, 2.45) is 17.8 Å². The zero-order valence-electron chi connectivity index (χ0n) is 14.5.